The van der Waals surface area contributed by atoms with Gasteiger partial charge in [-0.05, 0) is 12.0 Å². The first-order valence-electron chi connectivity index (χ1n) is 6.72. The number of hydrogen-bond donors (Lipinski definition) is 0. The first kappa shape index (κ1) is 19.2. The number of methoxy groups -OCH3 is 1. The lowest BCUT2D eigenvalue weighted by Gasteiger charge is -2.17. The Morgan fingerprint density at radius 2 is 2.04 bits per heavy atom. The Kier molecular flexibility index (Phi) is 6.33. The van der Waals surface area contributed by atoms with Crippen molar-refractivity contribution in [1.29, 1.82) is 5.26 Å². The summed E-state index contributed by atoms with van der Waals surface area (Å²) >= 11 is 0.962. The number of nitriles is 1. The maximum absolute atomic E-state index is 13.2. The highest BCUT2D eigenvalue weighted by Crippen LogP contribution is 2.41. The van der Waals surface area contributed by atoms with Gasteiger partial charge in [0.2, 0.25) is 5.88 Å². The zero-order valence-corrected chi connectivity index (χ0v) is 14.3. The number of rotatable bonds is 5. The second kappa shape index (κ2) is 7.59. The van der Waals surface area contributed by atoms with Gasteiger partial charge in [-0.15, -0.1) is 0 Å². The van der Waals surface area contributed by atoms with Crippen molar-refractivity contribution in [2.24, 2.45) is 0 Å². The summed E-state index contributed by atoms with van der Waals surface area (Å²) in [4.78, 5) is 6.23. The highest BCUT2D eigenvalue weighted by Gasteiger charge is 2.36. The Bertz CT molecular complexity index is 634. The summed E-state index contributed by atoms with van der Waals surface area (Å²) in [6.45, 7) is 3.64. The molecule has 1 rings (SSSR count). The molecule has 0 N–H and O–H groups in total. The van der Waals surface area contributed by atoms with Gasteiger partial charge >= 0.3 is 6.18 Å². The van der Waals surface area contributed by atoms with Gasteiger partial charge in [-0.25, -0.2) is 4.98 Å². The Morgan fingerprint density at radius 3 is 2.43 bits per heavy atom. The molecular formula is C15H18F3N3OS. The Hall–Kier alpha value is -1.88. The molecule has 8 heteroatoms. The SMILES string of the molecule is COc1nc(C(C)C)c(SC(C#N)=CN(C)C)cc1C(F)(F)F. The molecule has 0 bridgehead atoms. The van der Waals surface area contributed by atoms with E-state index in [2.05, 4.69) is 4.98 Å². The van der Waals surface area contributed by atoms with E-state index in [-0.39, 0.29) is 10.8 Å². The third-order valence-electron chi connectivity index (χ3n) is 2.73. The monoisotopic (exact) mass is 345 g/mol. The molecule has 126 valence electrons. The van der Waals surface area contributed by atoms with Gasteiger partial charge in [0.15, 0.2) is 0 Å². The van der Waals surface area contributed by atoms with Crippen LogP contribution in [-0.4, -0.2) is 31.1 Å². The number of aromatic nitrogens is 1. The summed E-state index contributed by atoms with van der Waals surface area (Å²) in [5.74, 6) is -0.575. The largest absolute Gasteiger partial charge is 0.481 e. The van der Waals surface area contributed by atoms with Crippen molar-refractivity contribution in [3.8, 4) is 11.9 Å². The van der Waals surface area contributed by atoms with E-state index in [1.54, 1.807) is 25.2 Å². The van der Waals surface area contributed by atoms with Crippen LogP contribution in [0.15, 0.2) is 22.1 Å². The molecule has 0 amide bonds. The molecule has 0 aliphatic rings. The molecule has 1 heterocycles. The van der Waals surface area contributed by atoms with Crippen LogP contribution in [0.4, 0.5) is 13.2 Å². The van der Waals surface area contributed by atoms with Gasteiger partial charge in [0, 0.05) is 25.2 Å². The van der Waals surface area contributed by atoms with Gasteiger partial charge in [0.05, 0.1) is 12.8 Å². The fourth-order valence-corrected chi connectivity index (χ4v) is 2.89. The van der Waals surface area contributed by atoms with E-state index in [1.807, 2.05) is 19.9 Å². The quantitative estimate of drug-likeness (QED) is 0.590. The molecule has 0 saturated heterocycles. The van der Waals surface area contributed by atoms with Gasteiger partial charge in [-0.3, -0.25) is 0 Å². The van der Waals surface area contributed by atoms with Crippen LogP contribution in [0, 0.1) is 11.3 Å². The summed E-state index contributed by atoms with van der Waals surface area (Å²) in [6.07, 6.45) is -3.03. The van der Waals surface area contributed by atoms with Crippen LogP contribution < -0.4 is 4.74 Å². The summed E-state index contributed by atoms with van der Waals surface area (Å²) in [6, 6.07) is 2.97. The van der Waals surface area contributed by atoms with E-state index in [0.717, 1.165) is 24.9 Å². The van der Waals surface area contributed by atoms with E-state index in [9.17, 15) is 13.2 Å². The van der Waals surface area contributed by atoms with Gasteiger partial charge in [-0.1, -0.05) is 25.6 Å². The Balaban J connectivity index is 3.48. The second-order valence-corrected chi connectivity index (χ2v) is 6.34. The van der Waals surface area contributed by atoms with E-state index >= 15 is 0 Å². The molecule has 0 radical (unpaired) electrons. The molecule has 23 heavy (non-hydrogen) atoms. The highest BCUT2D eigenvalue weighted by atomic mass is 32.2. The number of thioether (sulfide) groups is 1. The molecule has 1 aromatic rings. The number of alkyl halides is 3. The summed E-state index contributed by atoms with van der Waals surface area (Å²) < 4.78 is 44.3. The van der Waals surface area contributed by atoms with Crippen molar-refractivity contribution in [1.82, 2.24) is 9.88 Å². The summed E-state index contributed by atoms with van der Waals surface area (Å²) in [5.41, 5.74) is -0.492. The normalized spacial score (nSPS) is 12.3. The molecule has 0 atom stereocenters. The highest BCUT2D eigenvalue weighted by molar-refractivity contribution is 8.03. The van der Waals surface area contributed by atoms with Crippen LogP contribution in [0.2, 0.25) is 0 Å². The first-order chi connectivity index (χ1) is 10.6. The number of hydrogen-bond acceptors (Lipinski definition) is 5. The molecule has 0 aliphatic carbocycles. The van der Waals surface area contributed by atoms with Gasteiger partial charge in [-0.2, -0.15) is 18.4 Å². The fourth-order valence-electron chi connectivity index (χ4n) is 1.78. The first-order valence-corrected chi connectivity index (χ1v) is 7.54. The molecule has 0 unspecified atom stereocenters. The number of halogens is 3. The maximum Gasteiger partial charge on any atom is 0.421 e. The van der Waals surface area contributed by atoms with E-state index in [4.69, 9.17) is 10.00 Å². The predicted octanol–water partition coefficient (Wildman–Crippen LogP) is 4.25. The topological polar surface area (TPSA) is 49.1 Å². The lowest BCUT2D eigenvalue weighted by atomic mass is 10.1. The Morgan fingerprint density at radius 1 is 1.43 bits per heavy atom. The summed E-state index contributed by atoms with van der Waals surface area (Å²) in [5, 5.41) is 9.16. The second-order valence-electron chi connectivity index (χ2n) is 5.25. The molecule has 0 spiro atoms. The van der Waals surface area contributed by atoms with Crippen molar-refractivity contribution < 1.29 is 17.9 Å². The van der Waals surface area contributed by atoms with Crippen LogP contribution in [0.25, 0.3) is 0 Å². The average Bonchev–Trinajstić information content (AvgIpc) is 2.44. The lowest BCUT2D eigenvalue weighted by molar-refractivity contribution is -0.139. The van der Waals surface area contributed by atoms with Crippen molar-refractivity contribution in [3.05, 3.63) is 28.4 Å². The minimum Gasteiger partial charge on any atom is -0.481 e. The van der Waals surface area contributed by atoms with Gasteiger partial charge < -0.3 is 9.64 Å². The molecule has 0 aliphatic heterocycles. The van der Waals surface area contributed by atoms with Crippen molar-refractivity contribution in [3.63, 3.8) is 0 Å². The average molecular weight is 345 g/mol. The predicted molar refractivity (Wildman–Crippen MR) is 83.1 cm³/mol. The molecule has 0 saturated carbocycles. The Labute approximate surface area is 137 Å². The number of nitrogens with zero attached hydrogens (tertiary/aromatic N) is 3. The zero-order chi connectivity index (χ0) is 17.8. The number of allylic oxidation sites excluding steroid dienone is 1. The third-order valence-corrected chi connectivity index (χ3v) is 3.69. The third kappa shape index (κ3) is 5.06. The van der Waals surface area contributed by atoms with Crippen LogP contribution >= 0.6 is 11.8 Å². The molecule has 1 aromatic heterocycles. The van der Waals surface area contributed by atoms with Gasteiger partial charge in [0.1, 0.15) is 16.5 Å². The van der Waals surface area contributed by atoms with Crippen molar-refractivity contribution >= 4 is 11.8 Å². The van der Waals surface area contributed by atoms with Crippen molar-refractivity contribution in [2.45, 2.75) is 30.8 Å². The van der Waals surface area contributed by atoms with E-state index < -0.39 is 17.6 Å². The summed E-state index contributed by atoms with van der Waals surface area (Å²) in [7, 11) is 4.62. The molecule has 0 fully saturated rings. The lowest BCUT2D eigenvalue weighted by Crippen LogP contribution is -2.11. The molecular weight excluding hydrogens is 327 g/mol. The maximum atomic E-state index is 13.2. The zero-order valence-electron chi connectivity index (χ0n) is 13.5. The van der Waals surface area contributed by atoms with E-state index in [1.165, 1.54) is 0 Å². The van der Waals surface area contributed by atoms with E-state index in [0.29, 0.717) is 10.6 Å². The number of pyridine rings is 1. The van der Waals surface area contributed by atoms with Crippen LogP contribution in [0.3, 0.4) is 0 Å². The van der Waals surface area contributed by atoms with Gasteiger partial charge in [0.25, 0.3) is 0 Å². The van der Waals surface area contributed by atoms with Crippen LogP contribution in [0.5, 0.6) is 5.88 Å². The smallest absolute Gasteiger partial charge is 0.421 e. The van der Waals surface area contributed by atoms with Crippen LogP contribution in [-0.2, 0) is 6.18 Å². The number of ether oxygens (including phenoxy) is 1. The van der Waals surface area contributed by atoms with Crippen LogP contribution in [0.1, 0.15) is 31.0 Å². The standard InChI is InChI=1S/C15H18F3N3OS/c1-9(2)13-12(23-10(7-19)8-21(3)4)6-11(15(16,17)18)14(20-13)22-5/h6,8-9H,1-5H3. The molecule has 4 nitrogen and oxygen atoms in total. The molecule has 0 aromatic carbocycles. The van der Waals surface area contributed by atoms with Crippen molar-refractivity contribution in [2.75, 3.05) is 21.2 Å². The minimum atomic E-state index is -4.58. The fraction of sp³-hybridized carbons (Fsp3) is 0.467. The minimum absolute atomic E-state index is 0.118.